The topological polar surface area (TPSA) is 59.5 Å². The summed E-state index contributed by atoms with van der Waals surface area (Å²) in [6.45, 7) is 3.31. The lowest BCUT2D eigenvalue weighted by Gasteiger charge is -2.22. The third-order valence-corrected chi connectivity index (χ3v) is 2.99. The average Bonchev–Trinajstić information content (AvgIpc) is 2.85. The molecule has 0 aromatic carbocycles. The summed E-state index contributed by atoms with van der Waals surface area (Å²) in [5.74, 6) is 1.31. The van der Waals surface area contributed by atoms with Gasteiger partial charge in [-0.1, -0.05) is 0 Å². The van der Waals surface area contributed by atoms with Crippen LogP contribution < -0.4 is 5.73 Å². The van der Waals surface area contributed by atoms with E-state index < -0.39 is 0 Å². The van der Waals surface area contributed by atoms with Crippen LogP contribution in [0.15, 0.2) is 22.8 Å². The van der Waals surface area contributed by atoms with Crippen molar-refractivity contribution in [2.45, 2.75) is 19.4 Å². The van der Waals surface area contributed by atoms with Gasteiger partial charge in [-0.15, -0.1) is 0 Å². The maximum Gasteiger partial charge on any atom is 0.223 e. The minimum Gasteiger partial charge on any atom is -0.467 e. The van der Waals surface area contributed by atoms with Crippen LogP contribution in [0.1, 0.15) is 25.1 Å². The van der Waals surface area contributed by atoms with E-state index in [1.807, 2.05) is 24.0 Å². The Morgan fingerprint density at radius 3 is 3.07 bits per heavy atom. The monoisotopic (exact) mass is 208 g/mol. The van der Waals surface area contributed by atoms with Crippen molar-refractivity contribution >= 4 is 5.91 Å². The van der Waals surface area contributed by atoms with E-state index in [-0.39, 0.29) is 11.9 Å². The molecule has 2 heterocycles. The van der Waals surface area contributed by atoms with Gasteiger partial charge in [-0.25, -0.2) is 0 Å². The Morgan fingerprint density at radius 1 is 1.73 bits per heavy atom. The fourth-order valence-electron chi connectivity index (χ4n) is 2.02. The second-order valence-corrected chi connectivity index (χ2v) is 4.04. The molecular weight excluding hydrogens is 192 g/mol. The summed E-state index contributed by atoms with van der Waals surface area (Å²) in [6, 6.07) is 3.75. The van der Waals surface area contributed by atoms with Crippen molar-refractivity contribution in [2.75, 3.05) is 13.1 Å². The molecule has 0 spiro atoms. The Bertz CT molecular complexity index is 334. The first-order valence-electron chi connectivity index (χ1n) is 5.25. The third-order valence-electron chi connectivity index (χ3n) is 2.99. The lowest BCUT2D eigenvalue weighted by molar-refractivity contribution is -0.129. The molecule has 0 saturated carbocycles. The van der Waals surface area contributed by atoms with Crippen LogP contribution >= 0.6 is 0 Å². The predicted octanol–water partition coefficient (Wildman–Crippen LogP) is 1.15. The Morgan fingerprint density at radius 2 is 2.53 bits per heavy atom. The smallest absolute Gasteiger partial charge is 0.223 e. The van der Waals surface area contributed by atoms with Crippen molar-refractivity contribution in [1.82, 2.24) is 4.90 Å². The van der Waals surface area contributed by atoms with Gasteiger partial charge in [0.2, 0.25) is 5.91 Å². The first-order chi connectivity index (χ1) is 7.22. The molecule has 0 radical (unpaired) electrons. The van der Waals surface area contributed by atoms with Crippen LogP contribution in [0.4, 0.5) is 0 Å². The van der Waals surface area contributed by atoms with E-state index in [0.29, 0.717) is 18.9 Å². The molecule has 2 rings (SSSR count). The van der Waals surface area contributed by atoms with E-state index in [1.54, 1.807) is 6.26 Å². The second-order valence-electron chi connectivity index (χ2n) is 4.04. The van der Waals surface area contributed by atoms with Crippen LogP contribution in [0.2, 0.25) is 0 Å². The Balaban J connectivity index is 2.08. The molecule has 1 fully saturated rings. The fraction of sp³-hybridized carbons (Fsp3) is 0.545. The summed E-state index contributed by atoms with van der Waals surface area (Å²) in [4.78, 5) is 13.6. The molecule has 1 aliphatic heterocycles. The molecule has 2 N–H and O–H groups in total. The standard InChI is InChI=1S/C11H16N2O2/c1-8(10-3-2-4-15-10)13-7-9(6-12)5-11(13)14/h2-4,8-9H,5-7,12H2,1H3. The van der Waals surface area contributed by atoms with Crippen LogP contribution in [-0.4, -0.2) is 23.9 Å². The summed E-state index contributed by atoms with van der Waals surface area (Å²) < 4.78 is 5.30. The Kier molecular flexibility index (Phi) is 2.77. The van der Waals surface area contributed by atoms with Crippen molar-refractivity contribution in [2.24, 2.45) is 11.7 Å². The highest BCUT2D eigenvalue weighted by Crippen LogP contribution is 2.27. The minimum atomic E-state index is 0.0176. The molecule has 1 saturated heterocycles. The fourth-order valence-corrected chi connectivity index (χ4v) is 2.02. The molecule has 2 unspecified atom stereocenters. The number of likely N-dealkylation sites (tertiary alicyclic amines) is 1. The minimum absolute atomic E-state index is 0.0176. The molecule has 1 aliphatic rings. The molecule has 1 aromatic heterocycles. The Hall–Kier alpha value is -1.29. The van der Waals surface area contributed by atoms with E-state index in [0.717, 1.165) is 12.3 Å². The molecule has 4 nitrogen and oxygen atoms in total. The van der Waals surface area contributed by atoms with E-state index in [1.165, 1.54) is 0 Å². The molecule has 82 valence electrons. The van der Waals surface area contributed by atoms with Gasteiger partial charge in [-0.05, 0) is 31.5 Å². The highest BCUT2D eigenvalue weighted by Gasteiger charge is 2.33. The molecule has 1 amide bonds. The normalized spacial score (nSPS) is 23.5. The summed E-state index contributed by atoms with van der Waals surface area (Å²) in [6.07, 6.45) is 2.20. The predicted molar refractivity (Wildman–Crippen MR) is 56.0 cm³/mol. The first kappa shape index (κ1) is 10.2. The van der Waals surface area contributed by atoms with Crippen molar-refractivity contribution in [1.29, 1.82) is 0 Å². The molecule has 1 aromatic rings. The number of nitrogens with zero attached hydrogens (tertiary/aromatic N) is 1. The van der Waals surface area contributed by atoms with Gasteiger partial charge in [-0.2, -0.15) is 0 Å². The van der Waals surface area contributed by atoms with E-state index in [2.05, 4.69) is 0 Å². The number of carbonyl (C=O) groups excluding carboxylic acids is 1. The number of hydrogen-bond donors (Lipinski definition) is 1. The zero-order valence-corrected chi connectivity index (χ0v) is 8.85. The van der Waals surface area contributed by atoms with Gasteiger partial charge in [0.15, 0.2) is 0 Å². The maximum absolute atomic E-state index is 11.7. The molecular formula is C11H16N2O2. The van der Waals surface area contributed by atoms with Gasteiger partial charge >= 0.3 is 0 Å². The molecule has 0 aliphatic carbocycles. The largest absolute Gasteiger partial charge is 0.467 e. The number of nitrogens with two attached hydrogens (primary N) is 1. The molecule has 0 bridgehead atoms. The van der Waals surface area contributed by atoms with Crippen LogP contribution in [0.3, 0.4) is 0 Å². The summed E-state index contributed by atoms with van der Waals surface area (Å²) in [7, 11) is 0. The van der Waals surface area contributed by atoms with Crippen molar-refractivity contribution < 1.29 is 9.21 Å². The van der Waals surface area contributed by atoms with Gasteiger partial charge in [0.25, 0.3) is 0 Å². The highest BCUT2D eigenvalue weighted by molar-refractivity contribution is 5.79. The van der Waals surface area contributed by atoms with Crippen LogP contribution in [0.5, 0.6) is 0 Å². The van der Waals surface area contributed by atoms with E-state index >= 15 is 0 Å². The number of hydrogen-bond acceptors (Lipinski definition) is 3. The number of amides is 1. The number of rotatable bonds is 3. The van der Waals surface area contributed by atoms with Crippen molar-refractivity contribution in [3.63, 3.8) is 0 Å². The van der Waals surface area contributed by atoms with Crippen molar-refractivity contribution in [3.05, 3.63) is 24.2 Å². The van der Waals surface area contributed by atoms with Crippen LogP contribution in [0.25, 0.3) is 0 Å². The van der Waals surface area contributed by atoms with Gasteiger partial charge in [-0.3, -0.25) is 4.79 Å². The quantitative estimate of drug-likeness (QED) is 0.810. The van der Waals surface area contributed by atoms with Gasteiger partial charge in [0.05, 0.1) is 12.3 Å². The van der Waals surface area contributed by atoms with Crippen LogP contribution in [0, 0.1) is 5.92 Å². The molecule has 15 heavy (non-hydrogen) atoms. The third kappa shape index (κ3) is 1.90. The molecule has 4 heteroatoms. The Labute approximate surface area is 89.0 Å². The number of furan rings is 1. The van der Waals surface area contributed by atoms with Crippen molar-refractivity contribution in [3.8, 4) is 0 Å². The lowest BCUT2D eigenvalue weighted by Crippen LogP contribution is -2.29. The highest BCUT2D eigenvalue weighted by atomic mass is 16.3. The van der Waals surface area contributed by atoms with Crippen LogP contribution in [-0.2, 0) is 4.79 Å². The molecule has 2 atom stereocenters. The average molecular weight is 208 g/mol. The van der Waals surface area contributed by atoms with E-state index in [4.69, 9.17) is 10.2 Å². The second kappa shape index (κ2) is 4.06. The maximum atomic E-state index is 11.7. The van der Waals surface area contributed by atoms with Gasteiger partial charge < -0.3 is 15.1 Å². The van der Waals surface area contributed by atoms with Gasteiger partial charge in [0.1, 0.15) is 5.76 Å². The summed E-state index contributed by atoms with van der Waals surface area (Å²) in [5.41, 5.74) is 5.57. The summed E-state index contributed by atoms with van der Waals surface area (Å²) >= 11 is 0. The SMILES string of the molecule is CC(c1ccco1)N1CC(CN)CC1=O. The van der Waals surface area contributed by atoms with Gasteiger partial charge in [0, 0.05) is 13.0 Å². The number of carbonyl (C=O) groups is 1. The zero-order chi connectivity index (χ0) is 10.8. The lowest BCUT2D eigenvalue weighted by atomic mass is 10.1. The summed E-state index contributed by atoms with van der Waals surface area (Å²) in [5, 5.41) is 0. The first-order valence-corrected chi connectivity index (χ1v) is 5.25. The zero-order valence-electron chi connectivity index (χ0n) is 8.85. The van der Waals surface area contributed by atoms with E-state index in [9.17, 15) is 4.79 Å².